The molecule has 0 bridgehead atoms. The van der Waals surface area contributed by atoms with Gasteiger partial charge in [0.1, 0.15) is 11.3 Å². The van der Waals surface area contributed by atoms with Crippen molar-refractivity contribution in [1.29, 1.82) is 0 Å². The number of carboxylic acids is 1. The Labute approximate surface area is 235 Å². The van der Waals surface area contributed by atoms with E-state index in [0.717, 1.165) is 28.7 Å². The number of hydrogen-bond acceptors (Lipinski definition) is 5. The molecule has 4 aromatic rings. The van der Waals surface area contributed by atoms with Crippen LogP contribution in [0, 0.1) is 0 Å². The second kappa shape index (κ2) is 11.8. The van der Waals surface area contributed by atoms with E-state index in [-0.39, 0.29) is 23.8 Å². The van der Waals surface area contributed by atoms with Gasteiger partial charge in [-0.25, -0.2) is 4.79 Å². The molecular formula is C34H37NO5. The van der Waals surface area contributed by atoms with Crippen molar-refractivity contribution >= 4 is 16.7 Å². The second-order valence-corrected chi connectivity index (χ2v) is 11.3. The monoisotopic (exact) mass is 539 g/mol. The lowest BCUT2D eigenvalue weighted by molar-refractivity contribution is -0.00397. The van der Waals surface area contributed by atoms with E-state index < -0.39 is 12.1 Å². The molecule has 0 amide bonds. The third-order valence-corrected chi connectivity index (χ3v) is 7.54. The van der Waals surface area contributed by atoms with E-state index in [4.69, 9.17) is 9.47 Å². The van der Waals surface area contributed by atoms with Crippen LogP contribution in [0.3, 0.4) is 0 Å². The second-order valence-electron chi connectivity index (χ2n) is 11.3. The van der Waals surface area contributed by atoms with Crippen molar-refractivity contribution in [3.63, 3.8) is 0 Å². The van der Waals surface area contributed by atoms with E-state index in [9.17, 15) is 15.0 Å². The van der Waals surface area contributed by atoms with Gasteiger partial charge in [0.25, 0.3) is 0 Å². The number of ether oxygens (including phenoxy) is 2. The predicted molar refractivity (Wildman–Crippen MR) is 158 cm³/mol. The first-order chi connectivity index (χ1) is 19.2. The number of carboxylic acid groups (broad SMARTS) is 1. The van der Waals surface area contributed by atoms with Crippen molar-refractivity contribution in [3.05, 3.63) is 101 Å². The summed E-state index contributed by atoms with van der Waals surface area (Å²) in [4.78, 5) is 11.9. The van der Waals surface area contributed by atoms with Crippen LogP contribution in [-0.2, 0) is 17.6 Å². The summed E-state index contributed by atoms with van der Waals surface area (Å²) in [6.07, 6.45) is 0.545. The van der Waals surface area contributed by atoms with Crippen LogP contribution in [0.25, 0.3) is 21.9 Å². The summed E-state index contributed by atoms with van der Waals surface area (Å²) in [7, 11) is 0. The van der Waals surface area contributed by atoms with Crippen LogP contribution in [-0.4, -0.2) is 47.6 Å². The maximum atomic E-state index is 11.9. The molecule has 0 fully saturated rings. The quantitative estimate of drug-likeness (QED) is 0.211. The van der Waals surface area contributed by atoms with E-state index in [1.54, 1.807) is 6.07 Å². The van der Waals surface area contributed by atoms with Gasteiger partial charge in [0.15, 0.2) is 0 Å². The lowest BCUT2D eigenvalue weighted by Gasteiger charge is -2.28. The molecule has 6 nitrogen and oxygen atoms in total. The van der Waals surface area contributed by atoms with Gasteiger partial charge in [-0.1, -0.05) is 66.7 Å². The molecule has 2 unspecified atom stereocenters. The minimum atomic E-state index is -0.999. The van der Waals surface area contributed by atoms with Gasteiger partial charge in [0, 0.05) is 18.5 Å². The first kappa shape index (κ1) is 27.8. The van der Waals surface area contributed by atoms with E-state index in [0.29, 0.717) is 25.3 Å². The molecule has 0 saturated heterocycles. The van der Waals surface area contributed by atoms with Gasteiger partial charge in [-0.2, -0.15) is 0 Å². The molecule has 2 atom stereocenters. The maximum absolute atomic E-state index is 11.9. The number of benzene rings is 4. The molecule has 3 N–H and O–H groups in total. The van der Waals surface area contributed by atoms with Crippen LogP contribution in [0.4, 0.5) is 0 Å². The van der Waals surface area contributed by atoms with Gasteiger partial charge in [0.05, 0.1) is 25.4 Å². The Kier molecular flexibility index (Phi) is 8.22. The lowest BCUT2D eigenvalue weighted by Crippen LogP contribution is -2.46. The summed E-state index contributed by atoms with van der Waals surface area (Å²) < 4.78 is 11.7. The van der Waals surface area contributed by atoms with Crippen LogP contribution in [0.15, 0.2) is 78.9 Å². The van der Waals surface area contributed by atoms with Crippen molar-refractivity contribution in [3.8, 4) is 16.9 Å². The molecule has 0 spiro atoms. The Hall–Kier alpha value is -3.71. The molecule has 40 heavy (non-hydrogen) atoms. The summed E-state index contributed by atoms with van der Waals surface area (Å²) >= 11 is 0. The zero-order valence-corrected chi connectivity index (χ0v) is 23.3. The van der Waals surface area contributed by atoms with Crippen LogP contribution in [0.5, 0.6) is 5.75 Å². The SMILES string of the molecule is CC(OCC(O)CNC(C)(C)Cc1ccc2ccccc2c1)c1ccccc1-c1cc2c(c(C(=O)O)c1)OCC2. The Balaban J connectivity index is 1.20. The zero-order valence-electron chi connectivity index (χ0n) is 23.3. The van der Waals surface area contributed by atoms with Crippen molar-refractivity contribution in [2.24, 2.45) is 0 Å². The van der Waals surface area contributed by atoms with Gasteiger partial charge in [-0.05, 0) is 77.9 Å². The van der Waals surface area contributed by atoms with E-state index >= 15 is 0 Å². The van der Waals surface area contributed by atoms with Crippen LogP contribution in [0.1, 0.15) is 53.9 Å². The number of carbonyl (C=O) groups is 1. The molecule has 1 heterocycles. The minimum absolute atomic E-state index is 0.174. The number of aliphatic hydroxyl groups is 1. The normalized spacial score (nSPS) is 14.5. The standard InChI is InChI=1S/C34H37NO5/c1-22(29-10-6-7-11-30(29)27-17-26-14-15-39-32(26)31(18-27)33(37)38)40-21-28(36)20-35-34(2,3)19-23-12-13-24-8-4-5-9-25(24)16-23/h4-13,16-18,22,28,35-36H,14-15,19-21H2,1-3H3,(H,37,38). The highest BCUT2D eigenvalue weighted by atomic mass is 16.5. The van der Waals surface area contributed by atoms with E-state index in [2.05, 4.69) is 55.6 Å². The van der Waals surface area contributed by atoms with Gasteiger partial charge in [-0.3, -0.25) is 0 Å². The molecule has 1 aliphatic rings. The first-order valence-corrected chi connectivity index (χ1v) is 13.8. The fraction of sp³-hybridized carbons (Fsp3) is 0.324. The fourth-order valence-electron chi connectivity index (χ4n) is 5.46. The third kappa shape index (κ3) is 6.36. The van der Waals surface area contributed by atoms with Gasteiger partial charge < -0.3 is 25.0 Å². The largest absolute Gasteiger partial charge is 0.492 e. The summed E-state index contributed by atoms with van der Waals surface area (Å²) in [6.45, 7) is 7.31. The smallest absolute Gasteiger partial charge is 0.339 e. The Bertz CT molecular complexity index is 1510. The van der Waals surface area contributed by atoms with Crippen molar-refractivity contribution in [1.82, 2.24) is 5.32 Å². The minimum Gasteiger partial charge on any atom is -0.492 e. The number of aromatic carboxylic acids is 1. The molecule has 6 heteroatoms. The number of fused-ring (bicyclic) bond motifs is 2. The van der Waals surface area contributed by atoms with E-state index in [1.807, 2.05) is 43.3 Å². The maximum Gasteiger partial charge on any atom is 0.339 e. The molecular weight excluding hydrogens is 502 g/mol. The van der Waals surface area contributed by atoms with Crippen molar-refractivity contribution in [2.75, 3.05) is 19.8 Å². The summed E-state index contributed by atoms with van der Waals surface area (Å²) in [5.74, 6) is -0.530. The van der Waals surface area contributed by atoms with Gasteiger partial charge >= 0.3 is 5.97 Å². The average Bonchev–Trinajstić information content (AvgIpc) is 3.43. The first-order valence-electron chi connectivity index (χ1n) is 13.8. The van der Waals surface area contributed by atoms with Crippen LogP contribution in [0.2, 0.25) is 0 Å². The highest BCUT2D eigenvalue weighted by Gasteiger charge is 2.24. The topological polar surface area (TPSA) is 88.0 Å². The Morgan fingerprint density at radius 1 is 1.02 bits per heavy atom. The molecule has 5 rings (SSSR count). The zero-order chi connectivity index (χ0) is 28.3. The molecule has 208 valence electrons. The van der Waals surface area contributed by atoms with Crippen molar-refractivity contribution in [2.45, 2.75) is 51.4 Å². The number of β-amino-alcohol motifs (C(OH)–C–C–N with tert-alkyl or cyclic N) is 1. The van der Waals surface area contributed by atoms with E-state index in [1.165, 1.54) is 16.3 Å². The third-order valence-electron chi connectivity index (χ3n) is 7.54. The number of rotatable bonds is 11. The molecule has 0 aromatic heterocycles. The Morgan fingerprint density at radius 3 is 2.58 bits per heavy atom. The molecule has 0 aliphatic carbocycles. The number of aliphatic hydroxyl groups excluding tert-OH is 1. The molecule has 1 aliphatic heterocycles. The summed E-state index contributed by atoms with van der Waals surface area (Å²) in [5.41, 5.74) is 4.81. The van der Waals surface area contributed by atoms with Gasteiger partial charge in [0.2, 0.25) is 0 Å². The lowest BCUT2D eigenvalue weighted by atomic mass is 9.93. The highest BCUT2D eigenvalue weighted by Crippen LogP contribution is 2.37. The van der Waals surface area contributed by atoms with Crippen LogP contribution >= 0.6 is 0 Å². The predicted octanol–water partition coefficient (Wildman–Crippen LogP) is 6.19. The van der Waals surface area contributed by atoms with Crippen LogP contribution < -0.4 is 10.1 Å². The molecule has 4 aromatic carbocycles. The average molecular weight is 540 g/mol. The highest BCUT2D eigenvalue weighted by molar-refractivity contribution is 5.94. The molecule has 0 radical (unpaired) electrons. The van der Waals surface area contributed by atoms with Gasteiger partial charge in [-0.15, -0.1) is 0 Å². The molecule has 0 saturated carbocycles. The number of hydrogen-bond donors (Lipinski definition) is 3. The number of nitrogens with one attached hydrogen (secondary N) is 1. The Morgan fingerprint density at radius 2 is 1.77 bits per heavy atom. The van der Waals surface area contributed by atoms with Crippen molar-refractivity contribution < 1.29 is 24.5 Å². The summed E-state index contributed by atoms with van der Waals surface area (Å²) in [6, 6.07) is 26.4. The summed E-state index contributed by atoms with van der Waals surface area (Å²) in [5, 5.41) is 26.4. The fourth-order valence-corrected chi connectivity index (χ4v) is 5.46.